The molecule has 1 atom stereocenters. The highest BCUT2D eigenvalue weighted by atomic mass is 79.9. The molecule has 1 N–H and O–H groups in total. The van der Waals surface area contributed by atoms with Gasteiger partial charge in [-0.3, -0.25) is 4.79 Å². The van der Waals surface area contributed by atoms with Crippen molar-refractivity contribution in [1.82, 2.24) is 5.32 Å². The Bertz CT molecular complexity index is 580. The zero-order chi connectivity index (χ0) is 13.9. The largest absolute Gasteiger partial charge is 0.347 e. The second kappa shape index (κ2) is 6.06. The molecule has 0 aliphatic heterocycles. The number of nitrogens with one attached hydrogen (secondary N) is 1. The Morgan fingerprint density at radius 2 is 2.16 bits per heavy atom. The second-order valence-electron chi connectivity index (χ2n) is 4.95. The quantitative estimate of drug-likeness (QED) is 0.793. The second-order valence-corrected chi connectivity index (χ2v) is 6.66. The van der Waals surface area contributed by atoms with E-state index < -0.39 is 0 Å². The summed E-state index contributed by atoms with van der Waals surface area (Å²) in [6.45, 7) is 4.20. The molecule has 0 aliphatic rings. The molecule has 1 amide bonds. The van der Waals surface area contributed by atoms with E-state index in [0.29, 0.717) is 0 Å². The number of amides is 1. The third kappa shape index (κ3) is 3.18. The molecule has 19 heavy (non-hydrogen) atoms. The van der Waals surface area contributed by atoms with Gasteiger partial charge in [0.25, 0.3) is 5.91 Å². The summed E-state index contributed by atoms with van der Waals surface area (Å²) >= 11 is 5.07. The van der Waals surface area contributed by atoms with Gasteiger partial charge in [-0.1, -0.05) is 41.1 Å². The third-order valence-electron chi connectivity index (χ3n) is 3.57. The van der Waals surface area contributed by atoms with Crippen molar-refractivity contribution in [2.75, 3.05) is 5.33 Å². The van der Waals surface area contributed by atoms with Gasteiger partial charge in [-0.05, 0) is 25.8 Å². The van der Waals surface area contributed by atoms with Crippen molar-refractivity contribution in [1.29, 1.82) is 0 Å². The van der Waals surface area contributed by atoms with E-state index in [2.05, 4.69) is 35.1 Å². The fraction of sp³-hybridized carbons (Fsp3) is 0.400. The van der Waals surface area contributed by atoms with Crippen LogP contribution in [0.1, 0.15) is 37.0 Å². The lowest BCUT2D eigenvalue weighted by atomic mass is 9.95. The number of carbonyl (C=O) groups is 1. The Labute approximate surface area is 126 Å². The average Bonchev–Trinajstić information content (AvgIpc) is 2.83. The summed E-state index contributed by atoms with van der Waals surface area (Å²) in [4.78, 5) is 12.4. The Kier molecular flexibility index (Phi) is 4.63. The first-order chi connectivity index (χ1) is 9.09. The minimum atomic E-state index is -0.149. The zero-order valence-corrected chi connectivity index (χ0v) is 13.6. The number of hydrogen-bond donors (Lipinski definition) is 1. The molecular formula is C15H18BrNOS. The van der Waals surface area contributed by atoms with Crippen LogP contribution in [0.15, 0.2) is 29.6 Å². The number of rotatable bonds is 5. The topological polar surface area (TPSA) is 29.1 Å². The van der Waals surface area contributed by atoms with Crippen molar-refractivity contribution in [3.05, 3.63) is 35.2 Å². The molecule has 1 aromatic heterocycles. The molecule has 0 saturated heterocycles. The molecule has 2 aromatic rings. The summed E-state index contributed by atoms with van der Waals surface area (Å²) in [5, 5.41) is 7.06. The van der Waals surface area contributed by atoms with Crippen LogP contribution in [0.2, 0.25) is 0 Å². The van der Waals surface area contributed by atoms with E-state index >= 15 is 0 Å². The van der Waals surface area contributed by atoms with Crippen LogP contribution in [0.25, 0.3) is 10.1 Å². The monoisotopic (exact) mass is 339 g/mol. The Balaban J connectivity index is 2.24. The van der Waals surface area contributed by atoms with Gasteiger partial charge in [0.1, 0.15) is 0 Å². The van der Waals surface area contributed by atoms with Crippen molar-refractivity contribution in [3.8, 4) is 0 Å². The predicted molar refractivity (Wildman–Crippen MR) is 86.4 cm³/mol. The molecule has 0 fully saturated rings. The summed E-state index contributed by atoms with van der Waals surface area (Å²) in [6, 6.07) is 8.04. The van der Waals surface area contributed by atoms with E-state index in [1.54, 1.807) is 11.3 Å². The molecule has 0 aliphatic carbocycles. The third-order valence-corrected chi connectivity index (χ3v) is 4.93. The standard InChI is InChI=1S/C15H18BrNOS/c1-3-15(2,8-9-16)17-14(18)12-10-19-13-7-5-4-6-11(12)13/h4-7,10H,3,8-9H2,1-2H3,(H,17,18). The van der Waals surface area contributed by atoms with Crippen LogP contribution >= 0.6 is 27.3 Å². The van der Waals surface area contributed by atoms with Gasteiger partial charge in [0.2, 0.25) is 0 Å². The minimum Gasteiger partial charge on any atom is -0.347 e. The molecule has 0 bridgehead atoms. The number of fused-ring (bicyclic) bond motifs is 1. The van der Waals surface area contributed by atoms with Crippen LogP contribution in [0.3, 0.4) is 0 Å². The van der Waals surface area contributed by atoms with E-state index in [1.165, 1.54) is 0 Å². The fourth-order valence-electron chi connectivity index (χ4n) is 2.03. The maximum Gasteiger partial charge on any atom is 0.253 e. The van der Waals surface area contributed by atoms with Crippen LogP contribution in [-0.2, 0) is 0 Å². The van der Waals surface area contributed by atoms with E-state index in [9.17, 15) is 4.79 Å². The first-order valence-corrected chi connectivity index (χ1v) is 8.44. The number of thiophene rings is 1. The maximum absolute atomic E-state index is 12.4. The molecule has 2 rings (SSSR count). The summed E-state index contributed by atoms with van der Waals surface area (Å²) < 4.78 is 1.16. The van der Waals surface area contributed by atoms with Gasteiger partial charge in [-0.25, -0.2) is 0 Å². The highest BCUT2D eigenvalue weighted by Gasteiger charge is 2.25. The first-order valence-electron chi connectivity index (χ1n) is 6.44. The highest BCUT2D eigenvalue weighted by Crippen LogP contribution is 2.26. The predicted octanol–water partition coefficient (Wildman–Crippen LogP) is 4.58. The van der Waals surface area contributed by atoms with E-state index in [-0.39, 0.29) is 11.4 Å². The number of benzene rings is 1. The van der Waals surface area contributed by atoms with Crippen LogP contribution < -0.4 is 5.32 Å². The van der Waals surface area contributed by atoms with Crippen LogP contribution in [0.4, 0.5) is 0 Å². The molecule has 1 unspecified atom stereocenters. The lowest BCUT2D eigenvalue weighted by Crippen LogP contribution is -2.45. The molecule has 102 valence electrons. The van der Waals surface area contributed by atoms with Crippen molar-refractivity contribution < 1.29 is 4.79 Å². The summed E-state index contributed by atoms with van der Waals surface area (Å²) in [7, 11) is 0. The zero-order valence-electron chi connectivity index (χ0n) is 11.2. The average molecular weight is 340 g/mol. The van der Waals surface area contributed by atoms with Crippen molar-refractivity contribution in [3.63, 3.8) is 0 Å². The molecule has 0 radical (unpaired) electrons. The molecule has 0 spiro atoms. The SMILES string of the molecule is CCC(C)(CCBr)NC(=O)c1csc2ccccc12. The van der Waals surface area contributed by atoms with Crippen LogP contribution in [0.5, 0.6) is 0 Å². The normalized spacial score (nSPS) is 14.3. The summed E-state index contributed by atoms with van der Waals surface area (Å²) in [5.41, 5.74) is 0.638. The number of alkyl halides is 1. The molecule has 4 heteroatoms. The lowest BCUT2D eigenvalue weighted by Gasteiger charge is -2.29. The number of halogens is 1. The van der Waals surface area contributed by atoms with Crippen molar-refractivity contribution >= 4 is 43.3 Å². The van der Waals surface area contributed by atoms with E-state index in [1.807, 2.05) is 29.6 Å². The number of hydrogen-bond acceptors (Lipinski definition) is 2. The van der Waals surface area contributed by atoms with E-state index in [4.69, 9.17) is 0 Å². The minimum absolute atomic E-state index is 0.0303. The van der Waals surface area contributed by atoms with Crippen LogP contribution in [-0.4, -0.2) is 16.8 Å². The Hall–Kier alpha value is -0.870. The van der Waals surface area contributed by atoms with Gasteiger partial charge in [0.05, 0.1) is 5.56 Å². The Morgan fingerprint density at radius 3 is 2.84 bits per heavy atom. The van der Waals surface area contributed by atoms with Crippen molar-refractivity contribution in [2.45, 2.75) is 32.2 Å². The lowest BCUT2D eigenvalue weighted by molar-refractivity contribution is 0.0904. The summed E-state index contributed by atoms with van der Waals surface area (Å²) in [6.07, 6.45) is 1.85. The van der Waals surface area contributed by atoms with Crippen LogP contribution in [0, 0.1) is 0 Å². The highest BCUT2D eigenvalue weighted by molar-refractivity contribution is 9.09. The smallest absolute Gasteiger partial charge is 0.253 e. The van der Waals surface area contributed by atoms with Gasteiger partial charge >= 0.3 is 0 Å². The fourth-order valence-corrected chi connectivity index (χ4v) is 3.85. The Morgan fingerprint density at radius 1 is 1.42 bits per heavy atom. The maximum atomic E-state index is 12.4. The van der Waals surface area contributed by atoms with E-state index in [0.717, 1.165) is 33.8 Å². The van der Waals surface area contributed by atoms with Gasteiger partial charge in [0.15, 0.2) is 0 Å². The summed E-state index contributed by atoms with van der Waals surface area (Å²) in [5.74, 6) is 0.0303. The molecule has 1 aromatic carbocycles. The van der Waals surface area contributed by atoms with Gasteiger partial charge < -0.3 is 5.32 Å². The number of carbonyl (C=O) groups excluding carboxylic acids is 1. The molecule has 1 heterocycles. The van der Waals surface area contributed by atoms with Gasteiger partial charge in [-0.2, -0.15) is 0 Å². The molecule has 0 saturated carbocycles. The first kappa shape index (κ1) is 14.5. The molecular weight excluding hydrogens is 322 g/mol. The van der Waals surface area contributed by atoms with Gasteiger partial charge in [-0.15, -0.1) is 11.3 Å². The van der Waals surface area contributed by atoms with Gasteiger partial charge in [0, 0.05) is 26.3 Å². The van der Waals surface area contributed by atoms with Crippen molar-refractivity contribution in [2.24, 2.45) is 0 Å². The molecule has 2 nitrogen and oxygen atoms in total.